The Morgan fingerprint density at radius 1 is 1.42 bits per heavy atom. The third-order valence-corrected chi connectivity index (χ3v) is 3.13. The number of carboxylic acid groups (broad SMARTS) is 1. The maximum absolute atomic E-state index is 11.9. The van der Waals surface area contributed by atoms with Crippen LogP contribution in [0.3, 0.4) is 0 Å². The fourth-order valence-corrected chi connectivity index (χ4v) is 1.94. The molecule has 0 aliphatic heterocycles. The largest absolute Gasteiger partial charge is 0.478 e. The Kier molecular flexibility index (Phi) is 5.35. The number of hydrogen-bond acceptors (Lipinski definition) is 2. The van der Waals surface area contributed by atoms with Crippen LogP contribution < -0.4 is 5.32 Å². The van der Waals surface area contributed by atoms with E-state index < -0.39 is 5.97 Å². The normalized spacial score (nSPS) is 10.4. The molecule has 104 valence electrons. The molecule has 1 aromatic carbocycles. The van der Waals surface area contributed by atoms with Gasteiger partial charge in [0.15, 0.2) is 0 Å². The van der Waals surface area contributed by atoms with Crippen molar-refractivity contribution in [2.24, 2.45) is 5.92 Å². The maximum atomic E-state index is 11.9. The molecule has 0 unspecified atom stereocenters. The predicted octanol–water partition coefficient (Wildman–Crippen LogP) is 3.27. The van der Waals surface area contributed by atoms with Crippen molar-refractivity contribution in [2.75, 3.05) is 18.9 Å². The molecular formula is C13H17BrN2O3. The van der Waals surface area contributed by atoms with E-state index in [1.807, 2.05) is 13.8 Å². The molecule has 0 aromatic heterocycles. The summed E-state index contributed by atoms with van der Waals surface area (Å²) in [5.74, 6) is -0.664. The Morgan fingerprint density at radius 3 is 2.58 bits per heavy atom. The standard InChI is InChI=1S/C13H17BrN2O3/c1-8(2)7-16(3)13(19)15-11-6-9(12(17)18)4-5-10(11)14/h4-6,8H,7H2,1-3H3,(H,15,19)(H,17,18). The predicted molar refractivity (Wildman–Crippen MR) is 77.6 cm³/mol. The number of carboxylic acids is 1. The first-order chi connectivity index (χ1) is 8.81. The fraction of sp³-hybridized carbons (Fsp3) is 0.385. The van der Waals surface area contributed by atoms with E-state index >= 15 is 0 Å². The average Bonchev–Trinajstić information content (AvgIpc) is 2.30. The zero-order valence-electron chi connectivity index (χ0n) is 11.1. The number of benzene rings is 1. The first-order valence-electron chi connectivity index (χ1n) is 5.86. The van der Waals surface area contributed by atoms with E-state index in [-0.39, 0.29) is 11.6 Å². The minimum absolute atomic E-state index is 0.130. The monoisotopic (exact) mass is 328 g/mol. The van der Waals surface area contributed by atoms with Gasteiger partial charge in [-0.1, -0.05) is 13.8 Å². The molecule has 1 rings (SSSR count). The van der Waals surface area contributed by atoms with Gasteiger partial charge < -0.3 is 15.3 Å². The van der Waals surface area contributed by atoms with Gasteiger partial charge in [-0.2, -0.15) is 0 Å². The number of anilines is 1. The van der Waals surface area contributed by atoms with Gasteiger partial charge in [0.1, 0.15) is 0 Å². The Labute approximate surface area is 120 Å². The molecule has 0 aliphatic carbocycles. The van der Waals surface area contributed by atoms with Crippen LogP contribution in [-0.2, 0) is 0 Å². The van der Waals surface area contributed by atoms with Crippen LogP contribution in [0.4, 0.5) is 10.5 Å². The van der Waals surface area contributed by atoms with Crippen LogP contribution in [0.1, 0.15) is 24.2 Å². The molecule has 19 heavy (non-hydrogen) atoms. The first-order valence-corrected chi connectivity index (χ1v) is 6.65. The van der Waals surface area contributed by atoms with Gasteiger partial charge in [0, 0.05) is 18.1 Å². The Morgan fingerprint density at radius 2 is 2.05 bits per heavy atom. The SMILES string of the molecule is CC(C)CN(C)C(=O)Nc1cc(C(=O)O)ccc1Br. The summed E-state index contributed by atoms with van der Waals surface area (Å²) in [6.45, 7) is 4.66. The van der Waals surface area contributed by atoms with Gasteiger partial charge in [-0.3, -0.25) is 0 Å². The van der Waals surface area contributed by atoms with Gasteiger partial charge in [-0.15, -0.1) is 0 Å². The maximum Gasteiger partial charge on any atom is 0.335 e. The number of rotatable bonds is 4. The molecule has 6 heteroatoms. The molecule has 0 bridgehead atoms. The van der Waals surface area contributed by atoms with Crippen molar-refractivity contribution in [1.29, 1.82) is 0 Å². The van der Waals surface area contributed by atoms with Crippen LogP contribution in [0.5, 0.6) is 0 Å². The molecule has 0 saturated carbocycles. The van der Waals surface area contributed by atoms with Crippen molar-refractivity contribution in [3.63, 3.8) is 0 Å². The number of hydrogen-bond donors (Lipinski definition) is 2. The lowest BCUT2D eigenvalue weighted by Crippen LogP contribution is -2.34. The summed E-state index contributed by atoms with van der Waals surface area (Å²) in [6.07, 6.45) is 0. The summed E-state index contributed by atoms with van der Waals surface area (Å²) in [5.41, 5.74) is 0.575. The highest BCUT2D eigenvalue weighted by atomic mass is 79.9. The van der Waals surface area contributed by atoms with Crippen LogP contribution in [-0.4, -0.2) is 35.6 Å². The van der Waals surface area contributed by atoms with E-state index in [4.69, 9.17) is 5.11 Å². The molecule has 0 spiro atoms. The van der Waals surface area contributed by atoms with Gasteiger partial charge >= 0.3 is 12.0 Å². The van der Waals surface area contributed by atoms with E-state index in [2.05, 4.69) is 21.2 Å². The molecule has 5 nitrogen and oxygen atoms in total. The molecule has 0 radical (unpaired) electrons. The number of urea groups is 1. The highest BCUT2D eigenvalue weighted by Crippen LogP contribution is 2.24. The second-order valence-electron chi connectivity index (χ2n) is 4.70. The number of carbonyl (C=O) groups excluding carboxylic acids is 1. The third kappa shape index (κ3) is 4.55. The first kappa shape index (κ1) is 15.5. The quantitative estimate of drug-likeness (QED) is 0.891. The van der Waals surface area contributed by atoms with Crippen LogP contribution in [0, 0.1) is 5.92 Å². The van der Waals surface area contributed by atoms with Crippen molar-refractivity contribution in [2.45, 2.75) is 13.8 Å². The van der Waals surface area contributed by atoms with Crippen molar-refractivity contribution in [3.8, 4) is 0 Å². The summed E-state index contributed by atoms with van der Waals surface area (Å²) in [4.78, 5) is 24.4. The van der Waals surface area contributed by atoms with E-state index in [0.29, 0.717) is 22.6 Å². The lowest BCUT2D eigenvalue weighted by Gasteiger charge is -2.20. The number of nitrogens with zero attached hydrogens (tertiary/aromatic N) is 1. The molecule has 0 fully saturated rings. The summed E-state index contributed by atoms with van der Waals surface area (Å²) in [7, 11) is 1.70. The fourth-order valence-electron chi connectivity index (χ4n) is 1.60. The Hall–Kier alpha value is -1.56. The number of halogens is 1. The van der Waals surface area contributed by atoms with Crippen molar-refractivity contribution in [3.05, 3.63) is 28.2 Å². The van der Waals surface area contributed by atoms with Gasteiger partial charge in [-0.25, -0.2) is 9.59 Å². The van der Waals surface area contributed by atoms with Crippen molar-refractivity contribution < 1.29 is 14.7 Å². The lowest BCUT2D eigenvalue weighted by atomic mass is 10.2. The molecule has 2 amide bonds. The number of amides is 2. The zero-order valence-corrected chi connectivity index (χ0v) is 12.7. The Bertz CT molecular complexity index is 489. The number of carbonyl (C=O) groups is 2. The summed E-state index contributed by atoms with van der Waals surface area (Å²) >= 11 is 3.28. The lowest BCUT2D eigenvalue weighted by molar-refractivity contribution is 0.0697. The third-order valence-electron chi connectivity index (χ3n) is 2.44. The topological polar surface area (TPSA) is 69.6 Å². The van der Waals surface area contributed by atoms with Crippen molar-refractivity contribution in [1.82, 2.24) is 4.90 Å². The second-order valence-corrected chi connectivity index (χ2v) is 5.56. The van der Waals surface area contributed by atoms with Gasteiger partial charge in [0.25, 0.3) is 0 Å². The van der Waals surface area contributed by atoms with E-state index in [1.54, 1.807) is 18.0 Å². The molecule has 0 atom stereocenters. The molecule has 2 N–H and O–H groups in total. The van der Waals surface area contributed by atoms with Crippen LogP contribution in [0.25, 0.3) is 0 Å². The van der Waals surface area contributed by atoms with E-state index in [0.717, 1.165) is 0 Å². The zero-order chi connectivity index (χ0) is 14.6. The Balaban J connectivity index is 2.84. The summed E-state index contributed by atoms with van der Waals surface area (Å²) in [6, 6.07) is 4.23. The number of nitrogens with one attached hydrogen (secondary N) is 1. The van der Waals surface area contributed by atoms with Crippen molar-refractivity contribution >= 4 is 33.6 Å². The highest BCUT2D eigenvalue weighted by Gasteiger charge is 2.13. The molecule has 0 heterocycles. The second kappa shape index (κ2) is 6.56. The molecule has 0 saturated heterocycles. The molecular weight excluding hydrogens is 312 g/mol. The summed E-state index contributed by atoms with van der Waals surface area (Å²) < 4.78 is 0.642. The van der Waals surface area contributed by atoms with Crippen LogP contribution in [0.15, 0.2) is 22.7 Å². The number of aromatic carboxylic acids is 1. The minimum atomic E-state index is -1.03. The van der Waals surface area contributed by atoms with Gasteiger partial charge in [0.2, 0.25) is 0 Å². The molecule has 1 aromatic rings. The average molecular weight is 329 g/mol. The smallest absolute Gasteiger partial charge is 0.335 e. The van der Waals surface area contributed by atoms with Gasteiger partial charge in [0.05, 0.1) is 11.3 Å². The minimum Gasteiger partial charge on any atom is -0.478 e. The van der Waals surface area contributed by atoms with Crippen LogP contribution >= 0.6 is 15.9 Å². The van der Waals surface area contributed by atoms with E-state index in [9.17, 15) is 9.59 Å². The highest BCUT2D eigenvalue weighted by molar-refractivity contribution is 9.10. The van der Waals surface area contributed by atoms with Crippen LogP contribution in [0.2, 0.25) is 0 Å². The van der Waals surface area contributed by atoms with Gasteiger partial charge in [-0.05, 0) is 40.0 Å². The summed E-state index contributed by atoms with van der Waals surface area (Å²) in [5, 5.41) is 11.6. The van der Waals surface area contributed by atoms with E-state index in [1.165, 1.54) is 12.1 Å². The molecule has 0 aliphatic rings.